The summed E-state index contributed by atoms with van der Waals surface area (Å²) in [6.07, 6.45) is 5.57. The van der Waals surface area contributed by atoms with Gasteiger partial charge in [0.05, 0.1) is 11.9 Å². The van der Waals surface area contributed by atoms with E-state index in [-0.39, 0.29) is 11.7 Å². The Morgan fingerprint density at radius 2 is 2.00 bits per heavy atom. The number of aromatic hydroxyl groups is 1. The lowest BCUT2D eigenvalue weighted by atomic mass is 9.96. The molecule has 2 N–H and O–H groups in total. The maximum atomic E-state index is 10.7. The lowest BCUT2D eigenvalue weighted by Crippen LogP contribution is -2.03. The van der Waals surface area contributed by atoms with Crippen LogP contribution >= 0.6 is 0 Å². The first kappa shape index (κ1) is 20.4. The van der Waals surface area contributed by atoms with Gasteiger partial charge in [-0.1, -0.05) is 25.1 Å². The smallest absolute Gasteiger partial charge is 0.126 e. The number of anilines is 2. The molecule has 29 heavy (non-hydrogen) atoms. The number of nitrogens with one attached hydrogen (secondary N) is 1. The van der Waals surface area contributed by atoms with E-state index in [2.05, 4.69) is 10.3 Å². The van der Waals surface area contributed by atoms with Crippen molar-refractivity contribution in [1.82, 2.24) is 4.98 Å². The molecule has 3 rings (SSSR count). The van der Waals surface area contributed by atoms with Crippen molar-refractivity contribution in [3.63, 3.8) is 0 Å². The van der Waals surface area contributed by atoms with E-state index < -0.39 is 0 Å². The monoisotopic (exact) mass is 390 g/mol. The minimum atomic E-state index is 0.194. The molecule has 150 valence electrons. The summed E-state index contributed by atoms with van der Waals surface area (Å²) in [5.74, 6) is 1.09. The largest absolute Gasteiger partial charge is 0.507 e. The van der Waals surface area contributed by atoms with Crippen LogP contribution in [-0.2, 0) is 17.8 Å². The number of carbonyl (C=O) groups is 1. The second kappa shape index (κ2) is 9.73. The normalized spacial score (nSPS) is 11.7. The molecule has 0 aliphatic carbocycles. The maximum absolute atomic E-state index is 10.7. The molecule has 0 spiro atoms. The van der Waals surface area contributed by atoms with Crippen LogP contribution in [0, 0.1) is 12.8 Å². The van der Waals surface area contributed by atoms with Gasteiger partial charge in [-0.2, -0.15) is 0 Å². The number of benzene rings is 2. The summed E-state index contributed by atoms with van der Waals surface area (Å²) in [6, 6.07) is 15.6. The molecule has 0 radical (unpaired) electrons. The molecule has 0 aliphatic rings. The topological polar surface area (TPSA) is 71.5 Å². The molecular formula is C24H26N2O3. The van der Waals surface area contributed by atoms with Gasteiger partial charge < -0.3 is 20.0 Å². The Morgan fingerprint density at radius 3 is 2.76 bits per heavy atom. The quantitative estimate of drug-likeness (QED) is 0.492. The van der Waals surface area contributed by atoms with Gasteiger partial charge in [-0.15, -0.1) is 0 Å². The van der Waals surface area contributed by atoms with Gasteiger partial charge in [0, 0.05) is 23.9 Å². The highest BCUT2D eigenvalue weighted by molar-refractivity contribution is 5.59. The molecule has 3 aromatic rings. The minimum Gasteiger partial charge on any atom is -0.507 e. The van der Waals surface area contributed by atoms with Gasteiger partial charge >= 0.3 is 0 Å². The van der Waals surface area contributed by atoms with Crippen molar-refractivity contribution in [1.29, 1.82) is 0 Å². The molecule has 0 saturated heterocycles. The van der Waals surface area contributed by atoms with Gasteiger partial charge in [-0.25, -0.2) is 0 Å². The number of nitrogens with zero attached hydrogens (tertiary/aromatic N) is 1. The van der Waals surface area contributed by atoms with E-state index in [0.717, 1.165) is 28.8 Å². The molecule has 5 nitrogen and oxygen atoms in total. The van der Waals surface area contributed by atoms with E-state index in [1.807, 2.05) is 62.4 Å². The number of pyridine rings is 1. The number of hydrogen-bond donors (Lipinski definition) is 2. The summed E-state index contributed by atoms with van der Waals surface area (Å²) in [7, 11) is 0. The number of phenols is 1. The van der Waals surface area contributed by atoms with Crippen LogP contribution in [0.5, 0.6) is 11.5 Å². The zero-order valence-electron chi connectivity index (χ0n) is 16.8. The highest BCUT2D eigenvalue weighted by atomic mass is 16.5. The summed E-state index contributed by atoms with van der Waals surface area (Å²) >= 11 is 0. The van der Waals surface area contributed by atoms with Crippen molar-refractivity contribution in [3.8, 4) is 11.5 Å². The summed E-state index contributed by atoms with van der Waals surface area (Å²) < 4.78 is 5.96. The van der Waals surface area contributed by atoms with Gasteiger partial charge in [-0.05, 0) is 60.7 Å². The first-order chi connectivity index (χ1) is 14.1. The van der Waals surface area contributed by atoms with Gasteiger partial charge in [0.1, 0.15) is 24.4 Å². The van der Waals surface area contributed by atoms with E-state index in [1.165, 1.54) is 0 Å². The lowest BCUT2D eigenvalue weighted by Gasteiger charge is -2.15. The first-order valence-corrected chi connectivity index (χ1v) is 9.70. The van der Waals surface area contributed by atoms with Crippen molar-refractivity contribution in [2.75, 3.05) is 5.32 Å². The average molecular weight is 390 g/mol. The predicted octanol–water partition coefficient (Wildman–Crippen LogP) is 5.19. The van der Waals surface area contributed by atoms with Crippen LogP contribution in [-0.4, -0.2) is 16.4 Å². The average Bonchev–Trinajstić information content (AvgIpc) is 2.72. The van der Waals surface area contributed by atoms with E-state index in [4.69, 9.17) is 4.74 Å². The second-order valence-corrected chi connectivity index (χ2v) is 7.26. The second-order valence-electron chi connectivity index (χ2n) is 7.26. The van der Waals surface area contributed by atoms with Crippen LogP contribution in [0.2, 0.25) is 0 Å². The number of ether oxygens (including phenoxy) is 1. The highest BCUT2D eigenvalue weighted by Gasteiger charge is 2.13. The molecular weight excluding hydrogens is 364 g/mol. The van der Waals surface area contributed by atoms with E-state index in [0.29, 0.717) is 30.8 Å². The fraction of sp³-hybridized carbons (Fsp3) is 0.250. The molecule has 0 saturated carbocycles. The van der Waals surface area contributed by atoms with Gasteiger partial charge in [0.15, 0.2) is 0 Å². The van der Waals surface area contributed by atoms with Crippen LogP contribution in [0.1, 0.15) is 30.0 Å². The fourth-order valence-electron chi connectivity index (χ4n) is 3.19. The molecule has 1 aromatic heterocycles. The zero-order valence-corrected chi connectivity index (χ0v) is 16.8. The zero-order chi connectivity index (χ0) is 20.6. The standard InChI is InChI=1S/C24H26N2O3/c1-17(10-12-27)13-20-8-9-23(18(2)24(20)28)29-16-19-5-3-6-21(14-19)26-22-7-4-11-25-15-22/h3-9,11-12,14-15,17,26,28H,10,13,16H2,1-2H3. The van der Waals surface area contributed by atoms with Crippen LogP contribution < -0.4 is 10.1 Å². The highest BCUT2D eigenvalue weighted by Crippen LogP contribution is 2.32. The van der Waals surface area contributed by atoms with Crippen LogP contribution in [0.15, 0.2) is 60.9 Å². The third kappa shape index (κ3) is 5.57. The number of phenolic OH excluding ortho intramolecular Hbond substituents is 1. The Labute approximate surface area is 171 Å². The molecule has 5 heteroatoms. The molecule has 0 aliphatic heterocycles. The van der Waals surface area contributed by atoms with Crippen molar-refractivity contribution >= 4 is 17.7 Å². The van der Waals surface area contributed by atoms with Crippen LogP contribution in [0.25, 0.3) is 0 Å². The number of hydrogen-bond acceptors (Lipinski definition) is 5. The summed E-state index contributed by atoms with van der Waals surface area (Å²) in [5.41, 5.74) is 4.45. The van der Waals surface area contributed by atoms with E-state index in [9.17, 15) is 9.90 Å². The third-order valence-electron chi connectivity index (χ3n) is 4.80. The number of carbonyl (C=O) groups excluding carboxylic acids is 1. The molecule has 0 amide bonds. The third-order valence-corrected chi connectivity index (χ3v) is 4.80. The van der Waals surface area contributed by atoms with E-state index in [1.54, 1.807) is 12.4 Å². The number of aldehydes is 1. The summed E-state index contributed by atoms with van der Waals surface area (Å²) in [5, 5.41) is 13.8. The molecule has 0 bridgehead atoms. The lowest BCUT2D eigenvalue weighted by molar-refractivity contribution is -0.108. The van der Waals surface area contributed by atoms with Crippen LogP contribution in [0.3, 0.4) is 0 Å². The Kier molecular flexibility index (Phi) is 6.85. The summed E-state index contributed by atoms with van der Waals surface area (Å²) in [6.45, 7) is 4.24. The first-order valence-electron chi connectivity index (χ1n) is 9.70. The number of aromatic nitrogens is 1. The van der Waals surface area contributed by atoms with E-state index >= 15 is 0 Å². The van der Waals surface area contributed by atoms with Crippen molar-refractivity contribution < 1.29 is 14.6 Å². The molecule has 1 unspecified atom stereocenters. The predicted molar refractivity (Wildman–Crippen MR) is 115 cm³/mol. The molecule has 0 fully saturated rings. The fourth-order valence-corrected chi connectivity index (χ4v) is 3.19. The van der Waals surface area contributed by atoms with Gasteiger partial charge in [-0.3, -0.25) is 4.98 Å². The maximum Gasteiger partial charge on any atom is 0.126 e. The van der Waals surface area contributed by atoms with Gasteiger partial charge in [0.2, 0.25) is 0 Å². The van der Waals surface area contributed by atoms with Gasteiger partial charge in [0.25, 0.3) is 0 Å². The van der Waals surface area contributed by atoms with Crippen molar-refractivity contribution in [2.24, 2.45) is 5.92 Å². The molecule has 1 atom stereocenters. The molecule has 2 aromatic carbocycles. The molecule has 1 heterocycles. The summed E-state index contributed by atoms with van der Waals surface area (Å²) in [4.78, 5) is 14.8. The van der Waals surface area contributed by atoms with Crippen molar-refractivity contribution in [3.05, 3.63) is 77.6 Å². The Balaban J connectivity index is 1.66. The Bertz CT molecular complexity index is 958. The van der Waals surface area contributed by atoms with Crippen LogP contribution in [0.4, 0.5) is 11.4 Å². The Hall–Kier alpha value is -3.34. The minimum absolute atomic E-state index is 0.194. The van der Waals surface area contributed by atoms with Crippen molar-refractivity contribution in [2.45, 2.75) is 33.3 Å². The number of rotatable bonds is 9. The SMILES string of the molecule is Cc1c(OCc2cccc(Nc3cccnc3)c2)ccc(CC(C)CC=O)c1O. The Morgan fingerprint density at radius 1 is 1.17 bits per heavy atom.